The van der Waals surface area contributed by atoms with E-state index in [2.05, 4.69) is 34.5 Å². The molecule has 0 radical (unpaired) electrons. The molecule has 0 aliphatic heterocycles. The largest absolute Gasteiger partial charge is 0.443 e. The molecule has 0 fully saturated rings. The molecule has 2 heterocycles. The summed E-state index contributed by atoms with van der Waals surface area (Å²) in [4.78, 5) is 9.77. The summed E-state index contributed by atoms with van der Waals surface area (Å²) in [6, 6.07) is 3.98. The van der Waals surface area contributed by atoms with Gasteiger partial charge in [0.05, 0.1) is 23.2 Å². The topological polar surface area (TPSA) is 71.7 Å². The van der Waals surface area contributed by atoms with Crippen molar-refractivity contribution < 1.29 is 9.15 Å². The predicted octanol–water partition coefficient (Wildman–Crippen LogP) is 4.14. The number of hydrogen-bond acceptors (Lipinski definition) is 5. The van der Waals surface area contributed by atoms with E-state index in [1.807, 2.05) is 24.4 Å². The molecule has 2 N–H and O–H groups in total. The van der Waals surface area contributed by atoms with Gasteiger partial charge in [-0.1, -0.05) is 19.9 Å². The average molecular weight is 492 g/mol. The normalized spacial score (nSPS) is 12.7. The molecule has 0 spiro atoms. The molecule has 1 unspecified atom stereocenters. The molecule has 26 heavy (non-hydrogen) atoms. The molecule has 0 saturated heterocycles. The summed E-state index contributed by atoms with van der Waals surface area (Å²) in [7, 11) is 1.76. The van der Waals surface area contributed by atoms with Crippen molar-refractivity contribution in [1.82, 2.24) is 15.6 Å². The van der Waals surface area contributed by atoms with Gasteiger partial charge in [-0.05, 0) is 30.7 Å². The number of rotatable bonds is 9. The molecule has 6 nitrogen and oxygen atoms in total. The number of halogens is 1. The number of aromatic nitrogens is 1. The highest BCUT2D eigenvalue weighted by Crippen LogP contribution is 2.23. The minimum Gasteiger partial charge on any atom is -0.443 e. The van der Waals surface area contributed by atoms with Gasteiger partial charge in [0, 0.05) is 20.2 Å². The highest BCUT2D eigenvalue weighted by molar-refractivity contribution is 14.0. The minimum atomic E-state index is 0. The van der Waals surface area contributed by atoms with Crippen molar-refractivity contribution in [3.05, 3.63) is 29.5 Å². The summed E-state index contributed by atoms with van der Waals surface area (Å²) in [5.74, 6) is 1.91. The van der Waals surface area contributed by atoms with E-state index in [1.165, 1.54) is 0 Å². The van der Waals surface area contributed by atoms with E-state index in [-0.39, 0.29) is 30.1 Å². The molecule has 2 aromatic rings. The van der Waals surface area contributed by atoms with Crippen LogP contribution in [0.4, 0.5) is 0 Å². The quantitative estimate of drug-likeness (QED) is 0.313. The number of oxazole rings is 1. The highest BCUT2D eigenvalue weighted by Gasteiger charge is 2.13. The van der Waals surface area contributed by atoms with Crippen molar-refractivity contribution in [2.75, 3.05) is 20.2 Å². The van der Waals surface area contributed by atoms with Crippen molar-refractivity contribution in [2.45, 2.75) is 39.8 Å². The van der Waals surface area contributed by atoms with E-state index < -0.39 is 0 Å². The van der Waals surface area contributed by atoms with Crippen LogP contribution in [0.1, 0.15) is 32.9 Å². The Morgan fingerprint density at radius 1 is 1.38 bits per heavy atom. The van der Waals surface area contributed by atoms with Crippen LogP contribution in [-0.4, -0.2) is 37.2 Å². The fourth-order valence-corrected chi connectivity index (χ4v) is 3.11. The van der Waals surface area contributed by atoms with Gasteiger partial charge >= 0.3 is 0 Å². The van der Waals surface area contributed by atoms with Crippen molar-refractivity contribution in [2.24, 2.45) is 10.9 Å². The zero-order chi connectivity index (χ0) is 18.1. The fourth-order valence-electron chi connectivity index (χ4n) is 2.45. The third-order valence-corrected chi connectivity index (χ3v) is 4.65. The fraction of sp³-hybridized carbons (Fsp3) is 0.556. The SMILES string of the molecule is CCOC(CCNC(=NC)NCc1coc(-c2cccs2)n1)C(C)C.I. The number of hydrogen-bond donors (Lipinski definition) is 2. The van der Waals surface area contributed by atoms with Gasteiger partial charge in [-0.15, -0.1) is 35.3 Å². The number of ether oxygens (including phenoxy) is 1. The Morgan fingerprint density at radius 2 is 2.19 bits per heavy atom. The molecule has 0 bridgehead atoms. The van der Waals surface area contributed by atoms with Gasteiger partial charge in [0.25, 0.3) is 0 Å². The lowest BCUT2D eigenvalue weighted by Crippen LogP contribution is -2.39. The lowest BCUT2D eigenvalue weighted by Gasteiger charge is -2.21. The Labute approximate surface area is 176 Å². The van der Waals surface area contributed by atoms with Crippen LogP contribution in [0.15, 0.2) is 33.2 Å². The third-order valence-electron chi connectivity index (χ3n) is 3.79. The van der Waals surface area contributed by atoms with Crippen molar-refractivity contribution >= 4 is 41.3 Å². The van der Waals surface area contributed by atoms with Gasteiger partial charge in [0.1, 0.15) is 6.26 Å². The van der Waals surface area contributed by atoms with Gasteiger partial charge in [-0.3, -0.25) is 4.99 Å². The number of nitrogens with zero attached hydrogens (tertiary/aromatic N) is 2. The molecule has 0 saturated carbocycles. The van der Waals surface area contributed by atoms with Gasteiger partial charge in [0.15, 0.2) is 5.96 Å². The molecular weight excluding hydrogens is 463 g/mol. The second-order valence-corrected chi connectivity index (χ2v) is 6.95. The zero-order valence-corrected chi connectivity index (χ0v) is 19.0. The summed E-state index contributed by atoms with van der Waals surface area (Å²) >= 11 is 1.61. The smallest absolute Gasteiger partial charge is 0.236 e. The Balaban J connectivity index is 0.00000338. The average Bonchev–Trinajstić information content (AvgIpc) is 3.27. The monoisotopic (exact) mass is 492 g/mol. The summed E-state index contributed by atoms with van der Waals surface area (Å²) in [5.41, 5.74) is 0.848. The summed E-state index contributed by atoms with van der Waals surface area (Å²) < 4.78 is 11.3. The molecule has 146 valence electrons. The van der Waals surface area contributed by atoms with Crippen LogP contribution in [0, 0.1) is 5.92 Å². The second kappa shape index (κ2) is 12.3. The van der Waals surface area contributed by atoms with E-state index in [1.54, 1.807) is 24.6 Å². The summed E-state index contributed by atoms with van der Waals surface area (Å²) in [6.07, 6.45) is 2.89. The van der Waals surface area contributed by atoms with Gasteiger partial charge in [-0.25, -0.2) is 4.98 Å². The Hall–Kier alpha value is -1.13. The van der Waals surface area contributed by atoms with E-state index in [0.717, 1.165) is 36.1 Å². The Morgan fingerprint density at radius 3 is 2.81 bits per heavy atom. The van der Waals surface area contributed by atoms with Crippen molar-refractivity contribution in [1.29, 1.82) is 0 Å². The number of nitrogens with one attached hydrogen (secondary N) is 2. The second-order valence-electron chi connectivity index (χ2n) is 6.00. The first-order chi connectivity index (χ1) is 12.1. The summed E-state index contributed by atoms with van der Waals surface area (Å²) in [6.45, 7) is 8.52. The molecule has 2 aromatic heterocycles. The van der Waals surface area contributed by atoms with Crippen LogP contribution in [-0.2, 0) is 11.3 Å². The lowest BCUT2D eigenvalue weighted by atomic mass is 10.0. The first kappa shape index (κ1) is 22.9. The first-order valence-electron chi connectivity index (χ1n) is 8.68. The van der Waals surface area contributed by atoms with Crippen molar-refractivity contribution in [3.8, 4) is 10.8 Å². The maximum atomic E-state index is 5.76. The van der Waals surface area contributed by atoms with Crippen LogP contribution in [0.2, 0.25) is 0 Å². The van der Waals surface area contributed by atoms with Gasteiger partial charge in [-0.2, -0.15) is 0 Å². The van der Waals surface area contributed by atoms with Crippen LogP contribution in [0.25, 0.3) is 10.8 Å². The highest BCUT2D eigenvalue weighted by atomic mass is 127. The third kappa shape index (κ3) is 7.24. The van der Waals surface area contributed by atoms with Crippen molar-refractivity contribution in [3.63, 3.8) is 0 Å². The number of thiophene rings is 1. The Bertz CT molecular complexity index is 643. The minimum absolute atomic E-state index is 0. The maximum Gasteiger partial charge on any atom is 0.236 e. The van der Waals surface area contributed by atoms with E-state index in [0.29, 0.717) is 18.4 Å². The molecule has 0 aliphatic rings. The summed E-state index contributed by atoms with van der Waals surface area (Å²) in [5, 5.41) is 8.59. The van der Waals surface area contributed by atoms with Gasteiger partial charge in [0.2, 0.25) is 5.89 Å². The lowest BCUT2D eigenvalue weighted by molar-refractivity contribution is 0.0258. The maximum absolute atomic E-state index is 5.76. The van der Waals surface area contributed by atoms with E-state index in [9.17, 15) is 0 Å². The molecule has 0 amide bonds. The Kier molecular flexibility index (Phi) is 10.8. The van der Waals surface area contributed by atoms with Crippen LogP contribution >= 0.6 is 35.3 Å². The van der Waals surface area contributed by atoms with Crippen LogP contribution in [0.5, 0.6) is 0 Å². The molecule has 8 heteroatoms. The number of aliphatic imine (C=N–C) groups is 1. The molecule has 0 aromatic carbocycles. The molecular formula is C18H29IN4O2S. The van der Waals surface area contributed by atoms with Gasteiger partial charge < -0.3 is 19.8 Å². The van der Waals surface area contributed by atoms with Crippen LogP contribution < -0.4 is 10.6 Å². The zero-order valence-electron chi connectivity index (χ0n) is 15.8. The molecule has 0 aliphatic carbocycles. The van der Waals surface area contributed by atoms with E-state index in [4.69, 9.17) is 9.15 Å². The van der Waals surface area contributed by atoms with Crippen LogP contribution in [0.3, 0.4) is 0 Å². The molecule has 2 rings (SSSR count). The first-order valence-corrected chi connectivity index (χ1v) is 9.56. The van der Waals surface area contributed by atoms with E-state index >= 15 is 0 Å². The molecule has 1 atom stereocenters. The standard InChI is InChI=1S/C18H28N4O2S.HI/c1-5-23-15(13(2)3)8-9-20-18(19-4)21-11-14-12-24-17(22-14)16-7-6-10-25-16;/h6-7,10,12-13,15H,5,8-9,11H2,1-4H3,(H2,19,20,21);1H. The number of guanidine groups is 1. The predicted molar refractivity (Wildman–Crippen MR) is 118 cm³/mol.